The van der Waals surface area contributed by atoms with E-state index >= 15 is 0 Å². The molecular weight excluding hydrogens is 163 g/mol. The molecule has 0 saturated carbocycles. The zero-order chi connectivity index (χ0) is 8.43. The van der Waals surface area contributed by atoms with Crippen LogP contribution < -0.4 is 4.65 Å². The van der Waals surface area contributed by atoms with E-state index in [0.717, 1.165) is 9.75 Å². The summed E-state index contributed by atoms with van der Waals surface area (Å²) >= 11 is 1.56. The summed E-state index contributed by atoms with van der Waals surface area (Å²) in [6, 6.07) is 1.78. The molecule has 60 valence electrons. The van der Waals surface area contributed by atoms with Crippen LogP contribution in [0.3, 0.4) is 0 Å². The van der Waals surface area contributed by atoms with Crippen molar-refractivity contribution in [2.75, 3.05) is 0 Å². The van der Waals surface area contributed by atoms with Crippen molar-refractivity contribution in [1.82, 2.24) is 0 Å². The lowest BCUT2D eigenvalue weighted by Crippen LogP contribution is -2.20. The van der Waals surface area contributed by atoms with Crippen molar-refractivity contribution in [1.29, 1.82) is 0 Å². The Balaban J connectivity index is 2.77. The summed E-state index contributed by atoms with van der Waals surface area (Å²) in [5.74, 6) is 0.544. The molecule has 0 amide bonds. The van der Waals surface area contributed by atoms with Gasteiger partial charge in [-0.25, -0.2) is 0 Å². The van der Waals surface area contributed by atoms with Gasteiger partial charge in [-0.3, -0.25) is 0 Å². The molecule has 0 spiro atoms. The Morgan fingerprint density at radius 2 is 2.09 bits per heavy atom. The van der Waals surface area contributed by atoms with Crippen molar-refractivity contribution in [3.8, 4) is 5.75 Å². The molecule has 2 N–H and O–H groups in total. The molecule has 0 aliphatic carbocycles. The smallest absolute Gasteiger partial charge is 0.511 e. The lowest BCUT2D eigenvalue weighted by Gasteiger charge is -2.01. The molecule has 3 nitrogen and oxygen atoms in total. The summed E-state index contributed by atoms with van der Waals surface area (Å²) in [4.78, 5) is 2.05. The molecule has 1 rings (SSSR count). The van der Waals surface area contributed by atoms with E-state index in [0.29, 0.717) is 5.75 Å². The van der Waals surface area contributed by atoms with Crippen molar-refractivity contribution in [2.45, 2.75) is 13.8 Å². The van der Waals surface area contributed by atoms with Gasteiger partial charge in [-0.2, -0.15) is 0 Å². The number of hydrogen-bond donors (Lipinski definition) is 2. The Kier molecular flexibility index (Phi) is 2.54. The third-order valence-corrected chi connectivity index (χ3v) is 2.18. The maximum Gasteiger partial charge on any atom is 0.707 e. The fourth-order valence-electron chi connectivity index (χ4n) is 0.838. The van der Waals surface area contributed by atoms with E-state index in [4.69, 9.17) is 10.0 Å². The predicted octanol–water partition coefficient (Wildman–Crippen LogP) is 0.713. The van der Waals surface area contributed by atoms with Crippen molar-refractivity contribution in [2.24, 2.45) is 0 Å². The topological polar surface area (TPSA) is 49.7 Å². The van der Waals surface area contributed by atoms with Crippen molar-refractivity contribution in [3.05, 3.63) is 15.8 Å². The Morgan fingerprint density at radius 3 is 2.45 bits per heavy atom. The van der Waals surface area contributed by atoms with Crippen LogP contribution in [0.25, 0.3) is 0 Å². The number of aryl methyl sites for hydroxylation is 2. The molecule has 0 saturated heterocycles. The van der Waals surface area contributed by atoms with Gasteiger partial charge < -0.3 is 14.7 Å². The van der Waals surface area contributed by atoms with Crippen LogP contribution in [0, 0.1) is 13.8 Å². The van der Waals surface area contributed by atoms with E-state index in [-0.39, 0.29) is 0 Å². The molecule has 1 aromatic rings. The Hall–Kier alpha value is -0.515. The highest BCUT2D eigenvalue weighted by atomic mass is 32.1. The molecule has 1 heterocycles. The molecular formula is C6H9BO3S. The molecule has 0 radical (unpaired) electrons. The maximum absolute atomic E-state index is 8.48. The van der Waals surface area contributed by atoms with E-state index in [1.165, 1.54) is 0 Å². The molecule has 11 heavy (non-hydrogen) atoms. The first-order valence-electron chi connectivity index (χ1n) is 3.19. The van der Waals surface area contributed by atoms with Crippen molar-refractivity contribution < 1.29 is 14.7 Å². The Morgan fingerprint density at radius 1 is 1.45 bits per heavy atom. The fourth-order valence-corrected chi connectivity index (χ4v) is 1.69. The van der Waals surface area contributed by atoms with Gasteiger partial charge in [0.25, 0.3) is 0 Å². The highest BCUT2D eigenvalue weighted by molar-refractivity contribution is 7.12. The van der Waals surface area contributed by atoms with E-state index < -0.39 is 7.32 Å². The highest BCUT2D eigenvalue weighted by Gasteiger charge is 2.13. The Labute approximate surface area is 69.4 Å². The monoisotopic (exact) mass is 172 g/mol. The molecule has 0 unspecified atom stereocenters. The van der Waals surface area contributed by atoms with E-state index in [9.17, 15) is 0 Å². The number of hydrogen-bond acceptors (Lipinski definition) is 4. The molecule has 0 atom stereocenters. The number of rotatable bonds is 2. The van der Waals surface area contributed by atoms with Crippen LogP contribution in [0.2, 0.25) is 0 Å². The minimum absolute atomic E-state index is 0.544. The molecule has 0 fully saturated rings. The second kappa shape index (κ2) is 3.25. The second-order valence-corrected chi connectivity index (χ2v) is 3.68. The van der Waals surface area contributed by atoms with Gasteiger partial charge in [0.05, 0.1) is 0 Å². The van der Waals surface area contributed by atoms with Gasteiger partial charge in [0.15, 0.2) is 0 Å². The third kappa shape index (κ3) is 2.22. The van der Waals surface area contributed by atoms with E-state index in [2.05, 4.69) is 4.65 Å². The zero-order valence-electron chi connectivity index (χ0n) is 6.37. The average Bonchev–Trinajstić information content (AvgIpc) is 2.09. The summed E-state index contributed by atoms with van der Waals surface area (Å²) in [6.45, 7) is 3.81. The molecule has 0 aromatic carbocycles. The molecule has 1 aromatic heterocycles. The number of thiophene rings is 1. The van der Waals surface area contributed by atoms with Crippen LogP contribution in [0.5, 0.6) is 5.75 Å². The first-order valence-corrected chi connectivity index (χ1v) is 4.01. The van der Waals surface area contributed by atoms with Crippen LogP contribution in [0.1, 0.15) is 9.75 Å². The van der Waals surface area contributed by atoms with Crippen LogP contribution in [0.4, 0.5) is 0 Å². The van der Waals surface area contributed by atoms with Crippen molar-refractivity contribution in [3.63, 3.8) is 0 Å². The predicted molar refractivity (Wildman–Crippen MR) is 44.6 cm³/mol. The SMILES string of the molecule is Cc1cc(OB(O)O)c(C)s1. The fraction of sp³-hybridized carbons (Fsp3) is 0.333. The van der Waals surface area contributed by atoms with Crippen LogP contribution in [-0.4, -0.2) is 17.4 Å². The summed E-state index contributed by atoms with van der Waals surface area (Å²) in [5.41, 5.74) is 0. The second-order valence-electron chi connectivity index (χ2n) is 2.22. The Bertz CT molecular complexity index is 246. The minimum Gasteiger partial charge on any atom is -0.511 e. The standard InChI is InChI=1S/C6H9BO3S/c1-4-3-6(5(2)11-4)10-7(8)9/h3,8-9H,1-2H3. The highest BCUT2D eigenvalue weighted by Crippen LogP contribution is 2.27. The van der Waals surface area contributed by atoms with Crippen LogP contribution >= 0.6 is 11.3 Å². The van der Waals surface area contributed by atoms with E-state index in [1.807, 2.05) is 13.8 Å². The molecule has 5 heteroatoms. The average molecular weight is 172 g/mol. The van der Waals surface area contributed by atoms with Gasteiger partial charge in [-0.15, -0.1) is 11.3 Å². The van der Waals surface area contributed by atoms with E-state index in [1.54, 1.807) is 17.4 Å². The summed E-state index contributed by atoms with van der Waals surface area (Å²) in [7, 11) is -1.72. The summed E-state index contributed by atoms with van der Waals surface area (Å²) in [5, 5.41) is 17.0. The summed E-state index contributed by atoms with van der Waals surface area (Å²) < 4.78 is 4.69. The minimum atomic E-state index is -1.72. The van der Waals surface area contributed by atoms with Gasteiger partial charge in [-0.1, -0.05) is 0 Å². The lowest BCUT2D eigenvalue weighted by molar-refractivity contribution is 0.288. The zero-order valence-corrected chi connectivity index (χ0v) is 7.18. The first-order chi connectivity index (χ1) is 5.09. The normalized spacial score (nSPS) is 9.82. The third-order valence-electron chi connectivity index (χ3n) is 1.23. The quantitative estimate of drug-likeness (QED) is 0.646. The van der Waals surface area contributed by atoms with Gasteiger partial charge in [0.2, 0.25) is 0 Å². The largest absolute Gasteiger partial charge is 0.707 e. The van der Waals surface area contributed by atoms with Crippen molar-refractivity contribution >= 4 is 18.7 Å². The van der Waals surface area contributed by atoms with Gasteiger partial charge in [0.1, 0.15) is 5.75 Å². The molecule has 0 aliphatic rings. The lowest BCUT2D eigenvalue weighted by atomic mass is 10.2. The van der Waals surface area contributed by atoms with Crippen LogP contribution in [0.15, 0.2) is 6.07 Å². The summed E-state index contributed by atoms with van der Waals surface area (Å²) in [6.07, 6.45) is 0. The van der Waals surface area contributed by atoms with Gasteiger partial charge >= 0.3 is 7.32 Å². The maximum atomic E-state index is 8.48. The molecule has 0 aliphatic heterocycles. The van der Waals surface area contributed by atoms with Gasteiger partial charge in [0, 0.05) is 9.75 Å². The van der Waals surface area contributed by atoms with Gasteiger partial charge in [-0.05, 0) is 19.9 Å². The van der Waals surface area contributed by atoms with Crippen LogP contribution in [-0.2, 0) is 0 Å². The first kappa shape index (κ1) is 8.58. The molecule has 0 bridgehead atoms.